The maximum atomic E-state index is 11.5. The summed E-state index contributed by atoms with van der Waals surface area (Å²) in [6.07, 6.45) is -17.0. The molecule has 0 aromatic carbocycles. The maximum absolute atomic E-state index is 11.5. The first kappa shape index (κ1) is 29.1. The van der Waals surface area contributed by atoms with Gasteiger partial charge in [-0.05, 0) is 0 Å². The molecule has 18 nitrogen and oxygen atoms in total. The Morgan fingerprint density at radius 1 is 0.824 bits per heavy atom. The topological polar surface area (TPSA) is 285 Å². The molecule has 0 saturated carbocycles. The van der Waals surface area contributed by atoms with Gasteiger partial charge in [0.25, 0.3) is 0 Å². The van der Waals surface area contributed by atoms with Crippen LogP contribution in [0.5, 0.6) is 0 Å². The van der Waals surface area contributed by atoms with Crippen LogP contribution in [-0.2, 0) is 48.2 Å². The van der Waals surface area contributed by atoms with Crippen molar-refractivity contribution in [3.63, 3.8) is 0 Å². The monoisotopic (exact) mass is 543 g/mol. The predicted octanol–water partition coefficient (Wildman–Crippen LogP) is -5.60. The van der Waals surface area contributed by atoms with E-state index in [2.05, 4.69) is 13.7 Å². The fourth-order valence-corrected chi connectivity index (χ4v) is 3.86. The smallest absolute Gasteiger partial charge is 0.388 e. The van der Waals surface area contributed by atoms with Crippen LogP contribution in [0.3, 0.4) is 0 Å². The van der Waals surface area contributed by atoms with E-state index in [1.54, 1.807) is 0 Å². The molecule has 0 aromatic heterocycles. The summed E-state index contributed by atoms with van der Waals surface area (Å²) in [5, 5.41) is 53.2. The van der Waals surface area contributed by atoms with Gasteiger partial charge in [0.05, 0.1) is 13.2 Å². The van der Waals surface area contributed by atoms with Crippen LogP contribution in [0.4, 0.5) is 0 Å². The SMILES string of the molecule is CC(=O)N[C@@H]1[C@@H](O[C@@H]2O[C@H](COS(=O)(=O)O)[C@H](O)[C@H](O)[C@H]2O)[C@H](O)[C@@H](COS(=O)(=O)O)O[C@H]1O. The van der Waals surface area contributed by atoms with Crippen molar-refractivity contribution in [1.82, 2.24) is 5.32 Å². The second-order valence-corrected chi connectivity index (χ2v) is 9.50. The lowest BCUT2D eigenvalue weighted by atomic mass is 9.95. The Labute approximate surface area is 192 Å². The molecule has 0 radical (unpaired) electrons. The molecule has 200 valence electrons. The molecule has 2 aliphatic rings. The highest BCUT2D eigenvalue weighted by Crippen LogP contribution is 2.29. The molecule has 34 heavy (non-hydrogen) atoms. The Balaban J connectivity index is 2.26. The Hall–Kier alpha value is -1.11. The number of carbonyl (C=O) groups excluding carboxylic acids is 1. The van der Waals surface area contributed by atoms with Gasteiger partial charge in [-0.3, -0.25) is 13.9 Å². The molecule has 0 unspecified atom stereocenters. The van der Waals surface area contributed by atoms with Gasteiger partial charge in [0.1, 0.15) is 48.8 Å². The molecule has 20 heteroatoms. The Kier molecular flexibility index (Phi) is 9.68. The summed E-state index contributed by atoms with van der Waals surface area (Å²) in [6, 6.07) is -1.57. The van der Waals surface area contributed by atoms with Crippen molar-refractivity contribution in [2.75, 3.05) is 13.2 Å². The molecule has 0 spiro atoms. The lowest BCUT2D eigenvalue weighted by Gasteiger charge is -2.46. The van der Waals surface area contributed by atoms with Crippen molar-refractivity contribution in [2.24, 2.45) is 0 Å². The molecule has 2 rings (SSSR count). The molecule has 2 heterocycles. The summed E-state index contributed by atoms with van der Waals surface area (Å²) < 4.78 is 84.4. The van der Waals surface area contributed by atoms with Crippen LogP contribution in [0, 0.1) is 0 Å². The van der Waals surface area contributed by atoms with E-state index in [0.29, 0.717) is 0 Å². The number of hydrogen-bond donors (Lipinski definition) is 8. The van der Waals surface area contributed by atoms with Crippen molar-refractivity contribution in [3.05, 3.63) is 0 Å². The first-order chi connectivity index (χ1) is 15.5. The van der Waals surface area contributed by atoms with Gasteiger partial charge in [-0.2, -0.15) is 16.8 Å². The molecule has 0 aromatic rings. The number of nitrogens with one attached hydrogen (secondary N) is 1. The van der Waals surface area contributed by atoms with Crippen LogP contribution < -0.4 is 5.32 Å². The minimum absolute atomic E-state index is 0.749. The van der Waals surface area contributed by atoms with E-state index in [1.165, 1.54) is 0 Å². The van der Waals surface area contributed by atoms with Gasteiger partial charge >= 0.3 is 20.8 Å². The largest absolute Gasteiger partial charge is 0.397 e. The highest BCUT2D eigenvalue weighted by atomic mass is 32.3. The summed E-state index contributed by atoms with van der Waals surface area (Å²) >= 11 is 0. The molecule has 1 amide bonds. The highest BCUT2D eigenvalue weighted by Gasteiger charge is 2.51. The van der Waals surface area contributed by atoms with Gasteiger partial charge < -0.3 is 45.1 Å². The summed E-state index contributed by atoms with van der Waals surface area (Å²) in [4.78, 5) is 11.5. The summed E-state index contributed by atoms with van der Waals surface area (Å²) in [5.74, 6) is -0.749. The van der Waals surface area contributed by atoms with Crippen molar-refractivity contribution in [3.8, 4) is 0 Å². The Morgan fingerprint density at radius 3 is 1.79 bits per heavy atom. The average molecular weight is 543 g/mol. The fraction of sp³-hybridized carbons (Fsp3) is 0.929. The van der Waals surface area contributed by atoms with Crippen LogP contribution in [0.2, 0.25) is 0 Å². The van der Waals surface area contributed by atoms with Crippen molar-refractivity contribution in [1.29, 1.82) is 0 Å². The zero-order valence-electron chi connectivity index (χ0n) is 17.2. The third-order valence-corrected chi connectivity index (χ3v) is 5.65. The van der Waals surface area contributed by atoms with E-state index in [-0.39, 0.29) is 0 Å². The van der Waals surface area contributed by atoms with Crippen LogP contribution in [0.15, 0.2) is 0 Å². The first-order valence-electron chi connectivity index (χ1n) is 9.37. The van der Waals surface area contributed by atoms with Crippen LogP contribution in [0.25, 0.3) is 0 Å². The number of aliphatic hydroxyl groups is 5. The number of ether oxygens (including phenoxy) is 3. The van der Waals surface area contributed by atoms with Crippen LogP contribution in [0.1, 0.15) is 6.92 Å². The molecule has 2 aliphatic heterocycles. The normalized spacial score (nSPS) is 39.5. The summed E-state index contributed by atoms with van der Waals surface area (Å²) in [7, 11) is -9.96. The molecule has 2 fully saturated rings. The molecule has 10 atom stereocenters. The third kappa shape index (κ3) is 7.96. The number of amides is 1. The first-order valence-corrected chi connectivity index (χ1v) is 12.1. The van der Waals surface area contributed by atoms with Crippen LogP contribution in [-0.4, -0.2) is 132 Å². The van der Waals surface area contributed by atoms with Gasteiger partial charge in [0.2, 0.25) is 5.91 Å². The van der Waals surface area contributed by atoms with Gasteiger partial charge in [0.15, 0.2) is 12.6 Å². The summed E-state index contributed by atoms with van der Waals surface area (Å²) in [6.45, 7) is -1.04. The minimum atomic E-state index is -4.98. The van der Waals surface area contributed by atoms with E-state index in [9.17, 15) is 47.2 Å². The van der Waals surface area contributed by atoms with E-state index in [4.69, 9.17) is 23.3 Å². The lowest BCUT2D eigenvalue weighted by Crippen LogP contribution is -2.67. The molecule has 0 aliphatic carbocycles. The molecular formula is C14H25NO17S2. The van der Waals surface area contributed by atoms with Gasteiger partial charge in [-0.1, -0.05) is 0 Å². The Morgan fingerprint density at radius 2 is 1.32 bits per heavy atom. The molecule has 2 saturated heterocycles. The van der Waals surface area contributed by atoms with Crippen molar-refractivity contribution in [2.45, 2.75) is 68.3 Å². The maximum Gasteiger partial charge on any atom is 0.397 e. The van der Waals surface area contributed by atoms with E-state index >= 15 is 0 Å². The van der Waals surface area contributed by atoms with Crippen molar-refractivity contribution < 1.29 is 78.8 Å². The van der Waals surface area contributed by atoms with E-state index in [1.807, 2.05) is 0 Å². The molecular weight excluding hydrogens is 518 g/mol. The fourth-order valence-electron chi connectivity index (χ4n) is 3.25. The quantitative estimate of drug-likeness (QED) is 0.126. The number of rotatable bonds is 9. The summed E-state index contributed by atoms with van der Waals surface area (Å²) in [5.41, 5.74) is 0. The van der Waals surface area contributed by atoms with Gasteiger partial charge in [-0.25, -0.2) is 8.37 Å². The van der Waals surface area contributed by atoms with Crippen molar-refractivity contribution >= 4 is 26.7 Å². The van der Waals surface area contributed by atoms with Gasteiger partial charge in [0, 0.05) is 6.92 Å². The highest BCUT2D eigenvalue weighted by molar-refractivity contribution is 7.81. The number of carbonyl (C=O) groups is 1. The predicted molar refractivity (Wildman–Crippen MR) is 101 cm³/mol. The number of hydrogen-bond acceptors (Lipinski definition) is 15. The van der Waals surface area contributed by atoms with E-state index < -0.39 is 101 Å². The standard InChI is InChI=1S/C14H25NO17S2/c1-4(16)15-7-12(9(18)6(30-13(7)21)3-29-34(25,26)27)32-14-11(20)10(19)8(17)5(31-14)2-28-33(22,23)24/h5-14,17-21H,2-3H2,1H3,(H,15,16)(H,22,23,24)(H,25,26,27)/t5-,6-,7-,8+,9-,10+,11-,12-,13-,14+/m1/s1. The second kappa shape index (κ2) is 11.3. The molecule has 8 N–H and O–H groups in total. The second-order valence-electron chi connectivity index (χ2n) is 7.32. The lowest BCUT2D eigenvalue weighted by molar-refractivity contribution is -0.340. The van der Waals surface area contributed by atoms with Gasteiger partial charge in [-0.15, -0.1) is 0 Å². The number of aliphatic hydroxyl groups excluding tert-OH is 5. The van der Waals surface area contributed by atoms with E-state index in [0.717, 1.165) is 6.92 Å². The van der Waals surface area contributed by atoms with Crippen LogP contribution >= 0.6 is 0 Å². The zero-order valence-corrected chi connectivity index (χ0v) is 18.9. The Bertz CT molecular complexity index is 911. The minimum Gasteiger partial charge on any atom is -0.388 e. The average Bonchev–Trinajstić information content (AvgIpc) is 2.69. The third-order valence-electron chi connectivity index (χ3n) is 4.79. The molecule has 0 bridgehead atoms. The zero-order chi connectivity index (χ0) is 26.0.